The smallest absolute Gasteiger partial charge is 0.221 e. The van der Waals surface area contributed by atoms with Crippen LogP contribution in [0.25, 0.3) is 0 Å². The predicted molar refractivity (Wildman–Crippen MR) is 67.7 cm³/mol. The fourth-order valence-electron chi connectivity index (χ4n) is 1.27. The monoisotopic (exact) mass is 263 g/mol. The highest BCUT2D eigenvalue weighted by atomic mass is 16.5. The van der Waals surface area contributed by atoms with Crippen LogP contribution in [0.4, 0.5) is 0 Å². The second kappa shape index (κ2) is 11.3. The van der Waals surface area contributed by atoms with Crippen molar-refractivity contribution in [2.75, 3.05) is 39.3 Å². The number of hydroxylamine groups is 2. The Balaban J connectivity index is 3.52. The molecule has 108 valence electrons. The number of nitrogens with one attached hydrogen (secondary N) is 2. The molecule has 0 aromatic rings. The molecular formula is C10H25N5O3. The number of hydrogen-bond acceptors (Lipinski definition) is 7. The summed E-state index contributed by atoms with van der Waals surface area (Å²) in [5, 5.41) is 25.3. The third-order valence-electron chi connectivity index (χ3n) is 2.25. The summed E-state index contributed by atoms with van der Waals surface area (Å²) >= 11 is 0. The summed E-state index contributed by atoms with van der Waals surface area (Å²) < 4.78 is 0. The van der Waals surface area contributed by atoms with Crippen molar-refractivity contribution in [1.82, 2.24) is 15.7 Å². The van der Waals surface area contributed by atoms with Gasteiger partial charge in [-0.15, -0.1) is 0 Å². The van der Waals surface area contributed by atoms with E-state index < -0.39 is 6.23 Å². The van der Waals surface area contributed by atoms with Crippen molar-refractivity contribution < 1.29 is 15.1 Å². The van der Waals surface area contributed by atoms with E-state index in [1.54, 1.807) is 0 Å². The predicted octanol–water partition coefficient (Wildman–Crippen LogP) is -2.60. The first-order valence-electron chi connectivity index (χ1n) is 6.12. The van der Waals surface area contributed by atoms with Gasteiger partial charge in [-0.2, -0.15) is 5.06 Å². The number of amides is 1. The Morgan fingerprint density at radius 1 is 1.22 bits per heavy atom. The average Bonchev–Trinajstić information content (AvgIpc) is 2.37. The number of nitrogens with two attached hydrogens (primary N) is 2. The Hall–Kier alpha value is -0.770. The molecule has 0 aliphatic carbocycles. The Labute approximate surface area is 107 Å². The van der Waals surface area contributed by atoms with Gasteiger partial charge in [0.2, 0.25) is 5.91 Å². The summed E-state index contributed by atoms with van der Waals surface area (Å²) in [4.78, 5) is 11.2. The molecule has 0 saturated carbocycles. The number of hydrogen-bond donors (Lipinski definition) is 6. The van der Waals surface area contributed by atoms with E-state index in [4.69, 9.17) is 11.5 Å². The molecule has 0 bridgehead atoms. The molecule has 0 fully saturated rings. The number of carbonyl (C=O) groups is 1. The molecule has 0 heterocycles. The topological polar surface area (TPSA) is 137 Å². The molecule has 1 unspecified atom stereocenters. The Morgan fingerprint density at radius 3 is 2.50 bits per heavy atom. The second-order valence-corrected chi connectivity index (χ2v) is 3.89. The highest BCUT2D eigenvalue weighted by molar-refractivity contribution is 5.75. The van der Waals surface area contributed by atoms with Gasteiger partial charge < -0.3 is 27.1 Å². The van der Waals surface area contributed by atoms with Crippen molar-refractivity contribution in [2.45, 2.75) is 19.1 Å². The van der Waals surface area contributed by atoms with Crippen molar-refractivity contribution in [2.24, 2.45) is 11.5 Å². The molecule has 1 amide bonds. The van der Waals surface area contributed by atoms with Crippen LogP contribution in [0.2, 0.25) is 0 Å². The summed E-state index contributed by atoms with van der Waals surface area (Å²) in [5.41, 5.74) is 10.5. The SMILES string of the molecule is NCCNC(=O)CCN(O)CCC(O)NCCN. The van der Waals surface area contributed by atoms with E-state index >= 15 is 0 Å². The molecule has 0 aromatic heterocycles. The lowest BCUT2D eigenvalue weighted by atomic mass is 10.3. The number of carbonyl (C=O) groups excluding carboxylic acids is 1. The molecule has 0 saturated heterocycles. The van der Waals surface area contributed by atoms with Crippen molar-refractivity contribution in [3.05, 3.63) is 0 Å². The van der Waals surface area contributed by atoms with Crippen LogP contribution in [-0.4, -0.2) is 66.8 Å². The van der Waals surface area contributed by atoms with E-state index in [9.17, 15) is 15.1 Å². The van der Waals surface area contributed by atoms with Crippen LogP contribution in [0, 0.1) is 0 Å². The van der Waals surface area contributed by atoms with Gasteiger partial charge >= 0.3 is 0 Å². The van der Waals surface area contributed by atoms with Gasteiger partial charge in [0, 0.05) is 52.1 Å². The highest BCUT2D eigenvalue weighted by Gasteiger charge is 2.08. The maximum atomic E-state index is 11.2. The van der Waals surface area contributed by atoms with Gasteiger partial charge in [-0.25, -0.2) is 0 Å². The first-order chi connectivity index (χ1) is 8.60. The van der Waals surface area contributed by atoms with Gasteiger partial charge in [0.1, 0.15) is 6.23 Å². The van der Waals surface area contributed by atoms with Crippen molar-refractivity contribution in [3.63, 3.8) is 0 Å². The number of nitrogens with zero attached hydrogens (tertiary/aromatic N) is 1. The van der Waals surface area contributed by atoms with Gasteiger partial charge in [0.15, 0.2) is 0 Å². The minimum atomic E-state index is -0.700. The molecule has 0 aliphatic rings. The summed E-state index contributed by atoms with van der Waals surface area (Å²) in [7, 11) is 0. The normalized spacial score (nSPS) is 12.7. The number of aliphatic hydroxyl groups excluding tert-OH is 1. The molecule has 8 N–H and O–H groups in total. The van der Waals surface area contributed by atoms with Crippen LogP contribution in [0.1, 0.15) is 12.8 Å². The zero-order valence-corrected chi connectivity index (χ0v) is 10.6. The number of rotatable bonds is 11. The molecule has 18 heavy (non-hydrogen) atoms. The van der Waals surface area contributed by atoms with Gasteiger partial charge in [-0.1, -0.05) is 0 Å². The Kier molecular flexibility index (Phi) is 10.8. The van der Waals surface area contributed by atoms with Gasteiger partial charge in [0.05, 0.1) is 0 Å². The summed E-state index contributed by atoms with van der Waals surface area (Å²) in [6.07, 6.45) is -0.140. The minimum Gasteiger partial charge on any atom is -0.379 e. The molecule has 0 rings (SSSR count). The van der Waals surface area contributed by atoms with Crippen LogP contribution >= 0.6 is 0 Å². The van der Waals surface area contributed by atoms with Crippen LogP contribution in [0.5, 0.6) is 0 Å². The third kappa shape index (κ3) is 10.4. The van der Waals surface area contributed by atoms with Crippen LogP contribution < -0.4 is 22.1 Å². The van der Waals surface area contributed by atoms with Crippen LogP contribution in [0.15, 0.2) is 0 Å². The minimum absolute atomic E-state index is 0.152. The first kappa shape index (κ1) is 17.2. The lowest BCUT2D eigenvalue weighted by molar-refractivity contribution is -0.128. The molecule has 0 aliphatic heterocycles. The molecule has 0 radical (unpaired) electrons. The maximum absolute atomic E-state index is 11.2. The van der Waals surface area contributed by atoms with E-state index in [1.807, 2.05) is 0 Å². The molecule has 0 aromatic carbocycles. The molecule has 8 nitrogen and oxygen atoms in total. The number of aliphatic hydroxyl groups is 1. The van der Waals surface area contributed by atoms with Crippen LogP contribution in [0.3, 0.4) is 0 Å². The lowest BCUT2D eigenvalue weighted by Gasteiger charge is -2.17. The van der Waals surface area contributed by atoms with Crippen LogP contribution in [-0.2, 0) is 4.79 Å². The first-order valence-corrected chi connectivity index (χ1v) is 6.12. The highest BCUT2D eigenvalue weighted by Crippen LogP contribution is 1.93. The molecular weight excluding hydrogens is 238 g/mol. The van der Waals surface area contributed by atoms with Crippen molar-refractivity contribution in [1.29, 1.82) is 0 Å². The standard InChI is InChI=1S/C10H25N5O3/c11-3-5-13-9(16)1-7-15(18)8-2-10(17)14-6-4-12/h9,13,16,18H,1-8,11-12H2,(H,14,17). The van der Waals surface area contributed by atoms with Gasteiger partial charge in [-0.05, 0) is 0 Å². The van der Waals surface area contributed by atoms with E-state index in [0.29, 0.717) is 32.6 Å². The molecule has 8 heteroatoms. The fraction of sp³-hybridized carbons (Fsp3) is 0.900. The second-order valence-electron chi connectivity index (χ2n) is 3.89. The largest absolute Gasteiger partial charge is 0.379 e. The fourth-order valence-corrected chi connectivity index (χ4v) is 1.27. The van der Waals surface area contributed by atoms with Gasteiger partial charge in [0.25, 0.3) is 0 Å². The van der Waals surface area contributed by atoms with Crippen molar-refractivity contribution >= 4 is 5.91 Å². The quantitative estimate of drug-likeness (QED) is 0.178. The van der Waals surface area contributed by atoms with Gasteiger partial charge in [-0.3, -0.25) is 10.1 Å². The lowest BCUT2D eigenvalue weighted by Crippen LogP contribution is -2.37. The van der Waals surface area contributed by atoms with E-state index in [2.05, 4.69) is 10.6 Å². The van der Waals surface area contributed by atoms with E-state index in [0.717, 1.165) is 5.06 Å². The summed E-state index contributed by atoms with van der Waals surface area (Å²) in [6.45, 7) is 2.30. The zero-order valence-electron chi connectivity index (χ0n) is 10.6. The summed E-state index contributed by atoms with van der Waals surface area (Å²) in [5.74, 6) is -0.152. The Bertz CT molecular complexity index is 218. The van der Waals surface area contributed by atoms with E-state index in [-0.39, 0.29) is 25.4 Å². The third-order valence-corrected chi connectivity index (χ3v) is 2.25. The molecule has 1 atom stereocenters. The summed E-state index contributed by atoms with van der Waals surface area (Å²) in [6, 6.07) is 0. The van der Waals surface area contributed by atoms with Crippen molar-refractivity contribution in [3.8, 4) is 0 Å². The van der Waals surface area contributed by atoms with E-state index in [1.165, 1.54) is 0 Å². The Morgan fingerprint density at radius 2 is 1.89 bits per heavy atom. The molecule has 0 spiro atoms. The maximum Gasteiger partial charge on any atom is 0.221 e. The average molecular weight is 263 g/mol. The zero-order chi connectivity index (χ0) is 13.8.